The summed E-state index contributed by atoms with van der Waals surface area (Å²) in [6.45, 7) is 0. The van der Waals surface area contributed by atoms with Crippen LogP contribution in [-0.2, 0) is 0 Å². The van der Waals surface area contributed by atoms with E-state index in [0.717, 1.165) is 19.2 Å². The van der Waals surface area contributed by atoms with Crippen LogP contribution in [-0.4, -0.2) is 12.4 Å². The molecule has 0 aromatic heterocycles. The highest BCUT2D eigenvalue weighted by molar-refractivity contribution is 6.68. The first kappa shape index (κ1) is 9.92. The smallest absolute Gasteiger partial charge is 0.256 e. The number of carbonyl (C=O) groups is 1. The number of hydrogen-bond donors (Lipinski definition) is 0. The van der Waals surface area contributed by atoms with Crippen molar-refractivity contribution in [3.05, 3.63) is 29.3 Å². The molecule has 1 rings (SSSR count). The van der Waals surface area contributed by atoms with Crippen molar-refractivity contribution in [2.24, 2.45) is 0 Å². The van der Waals surface area contributed by atoms with Gasteiger partial charge in [0.25, 0.3) is 5.24 Å². The van der Waals surface area contributed by atoms with E-state index in [4.69, 9.17) is 11.6 Å². The van der Waals surface area contributed by atoms with Crippen molar-refractivity contribution >= 4 is 16.8 Å². The Bertz CT molecular complexity index is 352. The van der Waals surface area contributed by atoms with Crippen molar-refractivity contribution in [3.8, 4) is 5.75 Å². The fourth-order valence-corrected chi connectivity index (χ4v) is 1.04. The second-order valence-electron chi connectivity index (χ2n) is 2.22. The maximum atomic E-state index is 12.9. The van der Waals surface area contributed by atoms with Gasteiger partial charge in [0.05, 0.1) is 12.7 Å². The Hall–Kier alpha value is -1.16. The zero-order valence-electron chi connectivity index (χ0n) is 6.61. The van der Waals surface area contributed by atoms with Gasteiger partial charge in [0, 0.05) is 0 Å². The fraction of sp³-hybridized carbons (Fsp3) is 0.125. The Kier molecular flexibility index (Phi) is 2.83. The number of hydrogen-bond acceptors (Lipinski definition) is 2. The van der Waals surface area contributed by atoms with Crippen molar-refractivity contribution in [3.63, 3.8) is 0 Å². The van der Waals surface area contributed by atoms with Crippen LogP contribution in [0.3, 0.4) is 0 Å². The zero-order valence-corrected chi connectivity index (χ0v) is 7.36. The largest absolute Gasteiger partial charge is 0.493 e. The zero-order chi connectivity index (χ0) is 10.0. The minimum Gasteiger partial charge on any atom is -0.493 e. The van der Waals surface area contributed by atoms with Gasteiger partial charge >= 0.3 is 0 Å². The van der Waals surface area contributed by atoms with Crippen LogP contribution in [0.15, 0.2) is 12.1 Å². The van der Waals surface area contributed by atoms with E-state index < -0.39 is 22.6 Å². The Morgan fingerprint density at radius 2 is 2.08 bits per heavy atom. The number of rotatable bonds is 2. The first-order chi connectivity index (χ1) is 6.07. The molecule has 0 radical (unpaired) electrons. The van der Waals surface area contributed by atoms with Gasteiger partial charge in [0.1, 0.15) is 0 Å². The van der Waals surface area contributed by atoms with Gasteiger partial charge in [-0.25, -0.2) is 4.39 Å². The summed E-state index contributed by atoms with van der Waals surface area (Å²) in [6, 6.07) is 1.88. The number of ether oxygens (including phenoxy) is 1. The van der Waals surface area contributed by atoms with Gasteiger partial charge in [-0.3, -0.25) is 4.79 Å². The highest BCUT2D eigenvalue weighted by atomic mass is 35.5. The molecule has 70 valence electrons. The fourth-order valence-electron chi connectivity index (χ4n) is 0.886. The van der Waals surface area contributed by atoms with E-state index in [9.17, 15) is 13.6 Å². The van der Waals surface area contributed by atoms with Gasteiger partial charge in [-0.15, -0.1) is 0 Å². The minimum atomic E-state index is -1.21. The summed E-state index contributed by atoms with van der Waals surface area (Å²) < 4.78 is 30.0. The number of benzene rings is 1. The quantitative estimate of drug-likeness (QED) is 0.695. The molecular formula is C8H5ClF2O2. The Morgan fingerprint density at radius 1 is 1.46 bits per heavy atom. The molecule has 0 heterocycles. The lowest BCUT2D eigenvalue weighted by atomic mass is 10.2. The molecule has 0 unspecified atom stereocenters. The highest BCUT2D eigenvalue weighted by Gasteiger charge is 2.17. The van der Waals surface area contributed by atoms with E-state index in [-0.39, 0.29) is 5.56 Å². The average molecular weight is 207 g/mol. The van der Waals surface area contributed by atoms with Crippen molar-refractivity contribution in [1.82, 2.24) is 0 Å². The molecule has 13 heavy (non-hydrogen) atoms. The van der Waals surface area contributed by atoms with E-state index in [0.29, 0.717) is 0 Å². The van der Waals surface area contributed by atoms with E-state index in [1.165, 1.54) is 0 Å². The summed E-state index contributed by atoms with van der Waals surface area (Å²) in [4.78, 5) is 10.7. The molecule has 1 aromatic rings. The topological polar surface area (TPSA) is 26.3 Å². The summed E-state index contributed by atoms with van der Waals surface area (Å²) in [5.74, 6) is -2.77. The van der Waals surface area contributed by atoms with Gasteiger partial charge in [-0.2, -0.15) is 4.39 Å². The summed E-state index contributed by atoms with van der Waals surface area (Å²) >= 11 is 5.10. The predicted molar refractivity (Wildman–Crippen MR) is 43.1 cm³/mol. The highest BCUT2D eigenvalue weighted by Crippen LogP contribution is 2.25. The monoisotopic (exact) mass is 206 g/mol. The van der Waals surface area contributed by atoms with Crippen molar-refractivity contribution in [2.75, 3.05) is 7.11 Å². The Labute approximate surface area is 78.1 Å². The Balaban J connectivity index is 3.38. The number of methoxy groups -OCH3 is 1. The lowest BCUT2D eigenvalue weighted by Gasteiger charge is -2.05. The summed E-state index contributed by atoms with van der Waals surface area (Å²) in [7, 11) is 1.13. The first-order valence-corrected chi connectivity index (χ1v) is 3.67. The summed E-state index contributed by atoms with van der Waals surface area (Å²) in [6.07, 6.45) is 0. The van der Waals surface area contributed by atoms with Crippen molar-refractivity contribution < 1.29 is 18.3 Å². The SMILES string of the molecule is COc1c(C(=O)Cl)ccc(F)c1F. The molecule has 5 heteroatoms. The predicted octanol–water partition coefficient (Wildman–Crippen LogP) is 2.35. The second kappa shape index (κ2) is 3.70. The lowest BCUT2D eigenvalue weighted by molar-refractivity contribution is 0.107. The van der Waals surface area contributed by atoms with Crippen molar-refractivity contribution in [2.45, 2.75) is 0 Å². The standard InChI is InChI=1S/C8H5ClF2O2/c1-13-7-4(8(9)12)2-3-5(10)6(7)11/h2-3H,1H3. The molecule has 0 amide bonds. The molecule has 0 fully saturated rings. The van der Waals surface area contributed by atoms with Gasteiger partial charge in [0.15, 0.2) is 11.6 Å². The van der Waals surface area contributed by atoms with Gasteiger partial charge < -0.3 is 4.74 Å². The molecule has 0 saturated carbocycles. The molecule has 0 N–H and O–H groups in total. The van der Waals surface area contributed by atoms with Crippen LogP contribution in [0.2, 0.25) is 0 Å². The van der Waals surface area contributed by atoms with E-state index in [1.54, 1.807) is 0 Å². The van der Waals surface area contributed by atoms with Gasteiger partial charge in [-0.1, -0.05) is 0 Å². The maximum absolute atomic E-state index is 12.9. The first-order valence-electron chi connectivity index (χ1n) is 3.29. The molecule has 0 atom stereocenters. The molecule has 0 bridgehead atoms. The van der Waals surface area contributed by atoms with Crippen LogP contribution in [0.5, 0.6) is 5.75 Å². The van der Waals surface area contributed by atoms with Crippen LogP contribution in [0, 0.1) is 11.6 Å². The Morgan fingerprint density at radius 3 is 2.54 bits per heavy atom. The second-order valence-corrected chi connectivity index (χ2v) is 2.56. The van der Waals surface area contributed by atoms with Gasteiger partial charge in [0.2, 0.25) is 5.82 Å². The molecule has 2 nitrogen and oxygen atoms in total. The van der Waals surface area contributed by atoms with E-state index >= 15 is 0 Å². The van der Waals surface area contributed by atoms with Crippen molar-refractivity contribution in [1.29, 1.82) is 0 Å². The summed E-state index contributed by atoms with van der Waals surface area (Å²) in [5, 5.41) is -0.893. The van der Waals surface area contributed by atoms with Crippen LogP contribution >= 0.6 is 11.6 Å². The summed E-state index contributed by atoms with van der Waals surface area (Å²) in [5.41, 5.74) is -0.192. The third-order valence-corrected chi connectivity index (χ3v) is 1.67. The molecule has 0 aliphatic rings. The lowest BCUT2D eigenvalue weighted by Crippen LogP contribution is -2.00. The molecular weight excluding hydrogens is 202 g/mol. The number of carbonyl (C=O) groups excluding carboxylic acids is 1. The molecule has 0 saturated heterocycles. The van der Waals surface area contributed by atoms with Crippen LogP contribution in [0.1, 0.15) is 10.4 Å². The third kappa shape index (κ3) is 1.78. The van der Waals surface area contributed by atoms with Crippen LogP contribution in [0.25, 0.3) is 0 Å². The number of halogens is 3. The maximum Gasteiger partial charge on any atom is 0.256 e. The molecule has 0 aliphatic heterocycles. The minimum absolute atomic E-state index is 0.192. The molecule has 0 spiro atoms. The third-order valence-electron chi connectivity index (χ3n) is 1.47. The molecule has 0 aliphatic carbocycles. The van der Waals surface area contributed by atoms with E-state index in [2.05, 4.69) is 4.74 Å². The molecule has 1 aromatic carbocycles. The van der Waals surface area contributed by atoms with Crippen LogP contribution < -0.4 is 4.74 Å². The average Bonchev–Trinajstić information content (AvgIpc) is 2.09. The normalized spacial score (nSPS) is 9.85. The van der Waals surface area contributed by atoms with Crippen LogP contribution in [0.4, 0.5) is 8.78 Å². The van der Waals surface area contributed by atoms with E-state index in [1.807, 2.05) is 0 Å². The van der Waals surface area contributed by atoms with Gasteiger partial charge in [-0.05, 0) is 23.7 Å².